The minimum atomic E-state index is -1.09. The normalized spacial score (nSPS) is 11.9. The Balaban J connectivity index is 2.30. The van der Waals surface area contributed by atoms with Crippen LogP contribution in [0.15, 0.2) is 28.7 Å². The lowest BCUT2D eigenvalue weighted by Gasteiger charge is -2.14. The molecule has 1 amide bonds. The summed E-state index contributed by atoms with van der Waals surface area (Å²) in [5.74, 6) is -1.40. The number of carboxylic acids is 1. The van der Waals surface area contributed by atoms with Gasteiger partial charge >= 0.3 is 5.97 Å². The van der Waals surface area contributed by atoms with Crippen molar-refractivity contribution in [1.82, 2.24) is 5.32 Å². The van der Waals surface area contributed by atoms with Crippen molar-refractivity contribution in [1.29, 1.82) is 0 Å². The molecule has 2 N–H and O–H groups in total. The molecule has 1 unspecified atom stereocenters. The Morgan fingerprint density at radius 1 is 1.32 bits per heavy atom. The van der Waals surface area contributed by atoms with Gasteiger partial charge in [0.25, 0.3) is 0 Å². The summed E-state index contributed by atoms with van der Waals surface area (Å²) in [6.07, 6.45) is 0.706. The Morgan fingerprint density at radius 2 is 1.95 bits per heavy atom. The molecule has 0 radical (unpaired) electrons. The third-order valence-electron chi connectivity index (χ3n) is 2.32. The Morgan fingerprint density at radius 3 is 2.53 bits per heavy atom. The van der Waals surface area contributed by atoms with Gasteiger partial charge in [-0.25, -0.2) is 4.79 Å². The number of rotatable bonds is 7. The molecule has 0 aliphatic rings. The van der Waals surface area contributed by atoms with Gasteiger partial charge in [0, 0.05) is 10.5 Å². The van der Waals surface area contributed by atoms with Gasteiger partial charge in [-0.3, -0.25) is 4.79 Å². The smallest absolute Gasteiger partial charge is 0.329 e. The van der Waals surface area contributed by atoms with E-state index in [1.54, 1.807) is 0 Å². The lowest BCUT2D eigenvalue weighted by Crippen LogP contribution is -2.36. The van der Waals surface area contributed by atoms with Gasteiger partial charge in [0.15, 0.2) is 0 Å². The number of carbonyl (C=O) groups excluding carboxylic acids is 1. The number of halogens is 1. The third kappa shape index (κ3) is 6.93. The van der Waals surface area contributed by atoms with Gasteiger partial charge in [-0.1, -0.05) is 28.1 Å². The minimum Gasteiger partial charge on any atom is -0.480 e. The van der Waals surface area contributed by atoms with Crippen LogP contribution in [0.1, 0.15) is 12.5 Å². The van der Waals surface area contributed by atoms with Crippen molar-refractivity contribution in [3.05, 3.63) is 34.3 Å². The van der Waals surface area contributed by atoms with E-state index in [0.717, 1.165) is 10.0 Å². The molecule has 0 aliphatic carbocycles. The molecule has 6 heteroatoms. The van der Waals surface area contributed by atoms with Gasteiger partial charge in [-0.05, 0) is 31.0 Å². The summed E-state index contributed by atoms with van der Waals surface area (Å²) >= 11 is 3.36. The molecule has 0 fully saturated rings. The monoisotopic (exact) mass is 329 g/mol. The fourth-order valence-corrected chi connectivity index (χ4v) is 1.84. The highest BCUT2D eigenvalue weighted by Gasteiger charge is 2.09. The number of carboxylic acid groups (broad SMARTS) is 1. The van der Waals surface area contributed by atoms with E-state index >= 15 is 0 Å². The van der Waals surface area contributed by atoms with Crippen LogP contribution < -0.4 is 5.32 Å². The molecule has 1 aromatic rings. The highest BCUT2D eigenvalue weighted by Crippen LogP contribution is 2.11. The summed E-state index contributed by atoms with van der Waals surface area (Å²) in [4.78, 5) is 21.7. The van der Waals surface area contributed by atoms with Crippen LogP contribution in [-0.4, -0.2) is 36.2 Å². The molecule has 1 rings (SSSR count). The van der Waals surface area contributed by atoms with Crippen molar-refractivity contribution in [3.63, 3.8) is 0 Å². The molecule has 0 aliphatic heterocycles. The molecule has 0 saturated heterocycles. The van der Waals surface area contributed by atoms with Gasteiger partial charge in [-0.15, -0.1) is 0 Å². The Hall–Kier alpha value is -1.40. The van der Waals surface area contributed by atoms with Crippen molar-refractivity contribution in [2.45, 2.75) is 19.4 Å². The topological polar surface area (TPSA) is 75.6 Å². The van der Waals surface area contributed by atoms with Crippen LogP contribution in [0.3, 0.4) is 0 Å². The van der Waals surface area contributed by atoms with Crippen LogP contribution in [0.4, 0.5) is 0 Å². The van der Waals surface area contributed by atoms with Crippen LogP contribution in [0.25, 0.3) is 0 Å². The van der Waals surface area contributed by atoms with E-state index in [9.17, 15) is 9.59 Å². The fraction of sp³-hybridized carbons (Fsp3) is 0.385. The van der Waals surface area contributed by atoms with Crippen molar-refractivity contribution in [2.75, 3.05) is 13.2 Å². The molecule has 0 heterocycles. The van der Waals surface area contributed by atoms with Crippen molar-refractivity contribution in [2.24, 2.45) is 0 Å². The molecule has 5 nitrogen and oxygen atoms in total. The van der Waals surface area contributed by atoms with E-state index in [0.29, 0.717) is 6.42 Å². The third-order valence-corrected chi connectivity index (χ3v) is 2.85. The van der Waals surface area contributed by atoms with Crippen molar-refractivity contribution >= 4 is 27.8 Å². The number of aliphatic carboxylic acids is 1. The number of nitrogens with one attached hydrogen (secondary N) is 1. The number of hydrogen-bond donors (Lipinski definition) is 2. The molecule has 1 atom stereocenters. The first kappa shape index (κ1) is 15.7. The van der Waals surface area contributed by atoms with E-state index in [1.165, 1.54) is 0 Å². The zero-order chi connectivity index (χ0) is 14.3. The number of amides is 1. The summed E-state index contributed by atoms with van der Waals surface area (Å²) in [6.45, 7) is 1.18. The maximum atomic E-state index is 11.4. The molecule has 0 bridgehead atoms. The summed E-state index contributed by atoms with van der Waals surface area (Å²) in [6, 6.07) is 7.81. The number of hydrogen-bond acceptors (Lipinski definition) is 3. The van der Waals surface area contributed by atoms with E-state index in [2.05, 4.69) is 21.2 Å². The predicted molar refractivity (Wildman–Crippen MR) is 73.9 cm³/mol. The Bertz CT molecular complexity index is 433. The number of carbonyl (C=O) groups is 2. The highest BCUT2D eigenvalue weighted by molar-refractivity contribution is 9.10. The predicted octanol–water partition coefficient (Wildman–Crippen LogP) is 1.60. The zero-order valence-electron chi connectivity index (χ0n) is 10.6. The maximum Gasteiger partial charge on any atom is 0.329 e. The first-order valence-corrected chi connectivity index (χ1v) is 6.60. The van der Waals surface area contributed by atoms with Gasteiger partial charge in [0.05, 0.1) is 0 Å². The standard InChI is InChI=1S/C13H16BrNO4/c1-9(6-10-2-4-11(14)5-3-10)15-12(16)7-19-8-13(17)18/h2-5,9H,6-8H2,1H3,(H,15,16)(H,17,18). The molecule has 104 valence electrons. The van der Waals surface area contributed by atoms with Crippen molar-refractivity contribution < 1.29 is 19.4 Å². The molecule has 0 aromatic heterocycles. The largest absolute Gasteiger partial charge is 0.480 e. The summed E-state index contributed by atoms with van der Waals surface area (Å²) in [5.41, 5.74) is 1.11. The lowest BCUT2D eigenvalue weighted by atomic mass is 10.1. The van der Waals surface area contributed by atoms with E-state index < -0.39 is 12.6 Å². The van der Waals surface area contributed by atoms with Gasteiger partial charge in [0.2, 0.25) is 5.91 Å². The zero-order valence-corrected chi connectivity index (χ0v) is 12.1. The van der Waals surface area contributed by atoms with Gasteiger partial charge in [0.1, 0.15) is 13.2 Å². The maximum absolute atomic E-state index is 11.4. The van der Waals surface area contributed by atoms with Crippen LogP contribution >= 0.6 is 15.9 Å². The van der Waals surface area contributed by atoms with Crippen LogP contribution in [-0.2, 0) is 20.7 Å². The molecule has 1 aromatic carbocycles. The first-order chi connectivity index (χ1) is 8.97. The Labute approximate surface area is 120 Å². The molecule has 0 saturated carbocycles. The van der Waals surface area contributed by atoms with Crippen LogP contribution in [0, 0.1) is 0 Å². The second kappa shape index (κ2) is 7.91. The van der Waals surface area contributed by atoms with Crippen LogP contribution in [0.5, 0.6) is 0 Å². The summed E-state index contributed by atoms with van der Waals surface area (Å²) in [5, 5.41) is 11.1. The summed E-state index contributed by atoms with van der Waals surface area (Å²) in [7, 11) is 0. The average Bonchev–Trinajstić information content (AvgIpc) is 2.31. The van der Waals surface area contributed by atoms with Gasteiger partial charge < -0.3 is 15.2 Å². The fourth-order valence-electron chi connectivity index (χ4n) is 1.57. The van der Waals surface area contributed by atoms with E-state index in [-0.39, 0.29) is 18.6 Å². The molecule has 19 heavy (non-hydrogen) atoms. The molecule has 0 spiro atoms. The SMILES string of the molecule is CC(Cc1ccc(Br)cc1)NC(=O)COCC(=O)O. The number of benzene rings is 1. The van der Waals surface area contributed by atoms with Crippen LogP contribution in [0.2, 0.25) is 0 Å². The second-order valence-electron chi connectivity index (χ2n) is 4.19. The lowest BCUT2D eigenvalue weighted by molar-refractivity contribution is -0.143. The average molecular weight is 330 g/mol. The Kier molecular flexibility index (Phi) is 6.52. The minimum absolute atomic E-state index is 0.0397. The molecular formula is C13H16BrNO4. The van der Waals surface area contributed by atoms with E-state index in [4.69, 9.17) is 9.84 Å². The van der Waals surface area contributed by atoms with E-state index in [1.807, 2.05) is 31.2 Å². The van der Waals surface area contributed by atoms with Gasteiger partial charge in [-0.2, -0.15) is 0 Å². The quantitative estimate of drug-likeness (QED) is 0.796. The molecular weight excluding hydrogens is 314 g/mol. The second-order valence-corrected chi connectivity index (χ2v) is 5.10. The summed E-state index contributed by atoms with van der Waals surface area (Å²) < 4.78 is 5.72. The van der Waals surface area contributed by atoms with Crippen molar-refractivity contribution in [3.8, 4) is 0 Å². The highest BCUT2D eigenvalue weighted by atomic mass is 79.9. The number of ether oxygens (including phenoxy) is 1. The first-order valence-electron chi connectivity index (χ1n) is 5.80.